The summed E-state index contributed by atoms with van der Waals surface area (Å²) in [5.41, 5.74) is 8.94. The van der Waals surface area contributed by atoms with Gasteiger partial charge in [0.15, 0.2) is 5.96 Å². The van der Waals surface area contributed by atoms with E-state index in [1.165, 1.54) is 10.8 Å². The van der Waals surface area contributed by atoms with Crippen molar-refractivity contribution in [3.8, 4) is 0 Å². The number of nitrogens with zero attached hydrogens (tertiary/aromatic N) is 1. The minimum absolute atomic E-state index is 0.333. The fraction of sp³-hybridized carbons (Fsp3) is 0. The molecular formula is C10H12N4. The Morgan fingerprint density at radius 3 is 2.21 bits per heavy atom. The standard InChI is InChI=1S/C9H7N.CH5N3/c1-2-4-9-7-10-6-5-8(9)3-1;2-1(3)4/h1-7H;(H5,2,3,4). The van der Waals surface area contributed by atoms with Gasteiger partial charge in [0.25, 0.3) is 0 Å². The highest BCUT2D eigenvalue weighted by atomic mass is 14.9. The molecule has 0 spiro atoms. The lowest BCUT2D eigenvalue weighted by Crippen LogP contribution is -2.20. The number of nitrogens with one attached hydrogen (secondary N) is 1. The van der Waals surface area contributed by atoms with Crippen LogP contribution >= 0.6 is 0 Å². The molecule has 5 N–H and O–H groups in total. The summed E-state index contributed by atoms with van der Waals surface area (Å²) in [5, 5.41) is 8.50. The van der Waals surface area contributed by atoms with Gasteiger partial charge in [0.05, 0.1) is 0 Å². The zero-order valence-electron chi connectivity index (χ0n) is 7.64. The van der Waals surface area contributed by atoms with E-state index in [2.05, 4.69) is 28.6 Å². The molecule has 1 heterocycles. The van der Waals surface area contributed by atoms with Crippen molar-refractivity contribution < 1.29 is 0 Å². The lowest BCUT2D eigenvalue weighted by Gasteiger charge is -1.91. The van der Waals surface area contributed by atoms with E-state index in [0.717, 1.165) is 0 Å². The van der Waals surface area contributed by atoms with Crippen molar-refractivity contribution in [3.63, 3.8) is 0 Å². The average Bonchev–Trinajstić information content (AvgIpc) is 2.17. The summed E-state index contributed by atoms with van der Waals surface area (Å²) in [6.07, 6.45) is 3.68. The molecule has 2 aromatic rings. The highest BCUT2D eigenvalue weighted by Crippen LogP contribution is 2.09. The summed E-state index contributed by atoms with van der Waals surface area (Å²) >= 11 is 0. The van der Waals surface area contributed by atoms with Crippen LogP contribution in [0.25, 0.3) is 10.8 Å². The number of pyridine rings is 1. The van der Waals surface area contributed by atoms with Gasteiger partial charge in [-0.25, -0.2) is 0 Å². The summed E-state index contributed by atoms with van der Waals surface area (Å²) < 4.78 is 0. The molecule has 4 heteroatoms. The van der Waals surface area contributed by atoms with E-state index in [9.17, 15) is 0 Å². The molecule has 0 bridgehead atoms. The molecular weight excluding hydrogens is 176 g/mol. The van der Waals surface area contributed by atoms with Gasteiger partial charge >= 0.3 is 0 Å². The van der Waals surface area contributed by atoms with Crippen LogP contribution in [-0.4, -0.2) is 10.9 Å². The Kier molecular flexibility index (Phi) is 3.43. The Hall–Kier alpha value is -2.10. The van der Waals surface area contributed by atoms with Gasteiger partial charge in [0.1, 0.15) is 0 Å². The SMILES string of the molecule is N=C(N)N.c1ccc2cnccc2c1. The van der Waals surface area contributed by atoms with Crippen LogP contribution in [0.4, 0.5) is 0 Å². The minimum atomic E-state index is -0.333. The largest absolute Gasteiger partial charge is 0.370 e. The highest BCUT2D eigenvalue weighted by Gasteiger charge is 1.86. The molecule has 1 aromatic heterocycles. The molecule has 0 saturated heterocycles. The molecule has 4 nitrogen and oxygen atoms in total. The van der Waals surface area contributed by atoms with Crippen LogP contribution in [0.2, 0.25) is 0 Å². The van der Waals surface area contributed by atoms with E-state index in [4.69, 9.17) is 5.41 Å². The van der Waals surface area contributed by atoms with Crippen molar-refractivity contribution in [2.24, 2.45) is 11.5 Å². The average molecular weight is 188 g/mol. The van der Waals surface area contributed by atoms with Crippen LogP contribution < -0.4 is 11.5 Å². The molecule has 1 aromatic carbocycles. The third kappa shape index (κ3) is 3.10. The number of guanidine groups is 1. The van der Waals surface area contributed by atoms with Gasteiger partial charge in [-0.1, -0.05) is 24.3 Å². The highest BCUT2D eigenvalue weighted by molar-refractivity contribution is 5.80. The maximum atomic E-state index is 6.06. The second kappa shape index (κ2) is 4.81. The van der Waals surface area contributed by atoms with Crippen molar-refractivity contribution in [1.29, 1.82) is 5.41 Å². The van der Waals surface area contributed by atoms with Gasteiger partial charge in [0.2, 0.25) is 0 Å². The molecule has 0 atom stereocenters. The Bertz CT molecular complexity index is 356. The monoisotopic (exact) mass is 188 g/mol. The Morgan fingerprint density at radius 1 is 1.07 bits per heavy atom. The molecule has 0 saturated carbocycles. The van der Waals surface area contributed by atoms with Gasteiger partial charge in [0, 0.05) is 12.4 Å². The van der Waals surface area contributed by atoms with Gasteiger partial charge in [-0.05, 0) is 16.8 Å². The van der Waals surface area contributed by atoms with E-state index >= 15 is 0 Å². The second-order valence-electron chi connectivity index (χ2n) is 2.68. The number of aromatic nitrogens is 1. The third-order valence-corrected chi connectivity index (χ3v) is 1.55. The van der Waals surface area contributed by atoms with Crippen LogP contribution in [0, 0.1) is 5.41 Å². The van der Waals surface area contributed by atoms with Gasteiger partial charge in [-0.3, -0.25) is 10.4 Å². The van der Waals surface area contributed by atoms with Crippen LogP contribution in [-0.2, 0) is 0 Å². The Morgan fingerprint density at radius 2 is 1.64 bits per heavy atom. The molecule has 72 valence electrons. The zero-order valence-corrected chi connectivity index (χ0v) is 7.64. The molecule has 2 rings (SSSR count). The molecule has 0 amide bonds. The van der Waals surface area contributed by atoms with E-state index < -0.39 is 0 Å². The fourth-order valence-corrected chi connectivity index (χ4v) is 1.03. The van der Waals surface area contributed by atoms with Crippen molar-refractivity contribution >= 4 is 16.7 Å². The molecule has 14 heavy (non-hydrogen) atoms. The lowest BCUT2D eigenvalue weighted by atomic mass is 10.2. The first-order valence-electron chi connectivity index (χ1n) is 4.08. The second-order valence-corrected chi connectivity index (χ2v) is 2.68. The van der Waals surface area contributed by atoms with Gasteiger partial charge in [-0.2, -0.15) is 0 Å². The first-order valence-corrected chi connectivity index (χ1v) is 4.08. The Balaban J connectivity index is 0.000000213. The number of hydrogen-bond donors (Lipinski definition) is 3. The van der Waals surface area contributed by atoms with Crippen LogP contribution in [0.3, 0.4) is 0 Å². The normalized spacial score (nSPS) is 8.86. The lowest BCUT2D eigenvalue weighted by molar-refractivity contribution is 1.36. The summed E-state index contributed by atoms with van der Waals surface area (Å²) in [5.74, 6) is -0.333. The van der Waals surface area contributed by atoms with Crippen LogP contribution in [0.15, 0.2) is 42.7 Å². The molecule has 0 radical (unpaired) electrons. The molecule has 0 aliphatic rings. The van der Waals surface area contributed by atoms with E-state index in [1.807, 2.05) is 30.6 Å². The van der Waals surface area contributed by atoms with Crippen molar-refractivity contribution in [3.05, 3.63) is 42.7 Å². The topological polar surface area (TPSA) is 88.8 Å². The zero-order chi connectivity index (χ0) is 10.4. The molecule has 0 aliphatic heterocycles. The number of rotatable bonds is 0. The quantitative estimate of drug-likeness (QED) is 0.427. The predicted octanol–water partition coefficient (Wildman–Crippen LogP) is 1.07. The number of nitrogens with two attached hydrogens (primary N) is 2. The molecule has 0 unspecified atom stereocenters. The summed E-state index contributed by atoms with van der Waals surface area (Å²) in [7, 11) is 0. The van der Waals surface area contributed by atoms with E-state index in [-0.39, 0.29) is 5.96 Å². The number of fused-ring (bicyclic) bond motifs is 1. The maximum absolute atomic E-state index is 6.06. The van der Waals surface area contributed by atoms with Gasteiger partial charge < -0.3 is 11.5 Å². The molecule has 0 aliphatic carbocycles. The fourth-order valence-electron chi connectivity index (χ4n) is 1.03. The van der Waals surface area contributed by atoms with Crippen LogP contribution in [0.1, 0.15) is 0 Å². The third-order valence-electron chi connectivity index (χ3n) is 1.55. The summed E-state index contributed by atoms with van der Waals surface area (Å²) in [4.78, 5) is 4.01. The van der Waals surface area contributed by atoms with Crippen molar-refractivity contribution in [2.45, 2.75) is 0 Å². The van der Waals surface area contributed by atoms with Gasteiger partial charge in [-0.15, -0.1) is 0 Å². The summed E-state index contributed by atoms with van der Waals surface area (Å²) in [6.45, 7) is 0. The minimum Gasteiger partial charge on any atom is -0.370 e. The Labute approximate surface area is 82.1 Å². The van der Waals surface area contributed by atoms with Crippen molar-refractivity contribution in [1.82, 2.24) is 4.98 Å². The predicted molar refractivity (Wildman–Crippen MR) is 57.8 cm³/mol. The first kappa shape index (κ1) is 9.98. The maximum Gasteiger partial charge on any atom is 0.183 e. The van der Waals surface area contributed by atoms with Crippen LogP contribution in [0.5, 0.6) is 0 Å². The number of benzene rings is 1. The van der Waals surface area contributed by atoms with E-state index in [0.29, 0.717) is 0 Å². The summed E-state index contributed by atoms with van der Waals surface area (Å²) in [6, 6.07) is 10.2. The molecule has 0 fully saturated rings. The first-order chi connectivity index (χ1) is 6.70. The smallest absolute Gasteiger partial charge is 0.183 e. The van der Waals surface area contributed by atoms with Crippen molar-refractivity contribution in [2.75, 3.05) is 0 Å². The van der Waals surface area contributed by atoms with E-state index in [1.54, 1.807) is 0 Å². The number of hydrogen-bond acceptors (Lipinski definition) is 2.